The van der Waals surface area contributed by atoms with Crippen LogP contribution >= 0.6 is 0 Å². The molecular formula is C16H18N4O. The monoisotopic (exact) mass is 282 g/mol. The highest BCUT2D eigenvalue weighted by molar-refractivity contribution is 6.04. The summed E-state index contributed by atoms with van der Waals surface area (Å²) >= 11 is 0. The molecule has 0 fully saturated rings. The van der Waals surface area contributed by atoms with E-state index in [0.29, 0.717) is 16.9 Å². The minimum atomic E-state index is -0.252. The second-order valence-electron chi connectivity index (χ2n) is 5.90. The number of nitrogens with one attached hydrogen (secondary N) is 1. The van der Waals surface area contributed by atoms with Crippen molar-refractivity contribution < 1.29 is 4.79 Å². The van der Waals surface area contributed by atoms with Crippen LogP contribution in [0.4, 0.5) is 5.82 Å². The normalized spacial score (nSPS) is 11.0. The molecular weight excluding hydrogens is 264 g/mol. The minimum absolute atomic E-state index is 0.231. The van der Waals surface area contributed by atoms with Gasteiger partial charge >= 0.3 is 0 Å². The number of anilines is 1. The van der Waals surface area contributed by atoms with Gasteiger partial charge in [0.15, 0.2) is 0 Å². The summed E-state index contributed by atoms with van der Waals surface area (Å²) in [4.78, 5) is 12.3. The molecule has 1 amide bonds. The average Bonchev–Trinajstić information content (AvgIpc) is 2.79. The molecule has 2 aromatic rings. The van der Waals surface area contributed by atoms with Gasteiger partial charge in [0.05, 0.1) is 22.9 Å². The Balaban J connectivity index is 2.30. The Morgan fingerprint density at radius 3 is 2.67 bits per heavy atom. The van der Waals surface area contributed by atoms with Crippen LogP contribution in [-0.2, 0) is 5.54 Å². The highest BCUT2D eigenvalue weighted by Crippen LogP contribution is 2.21. The highest BCUT2D eigenvalue weighted by atomic mass is 16.1. The first-order valence-electron chi connectivity index (χ1n) is 6.70. The van der Waals surface area contributed by atoms with Crippen LogP contribution in [0, 0.1) is 18.3 Å². The first kappa shape index (κ1) is 14.8. The third-order valence-corrected chi connectivity index (χ3v) is 2.96. The van der Waals surface area contributed by atoms with Crippen LogP contribution in [0.3, 0.4) is 0 Å². The number of nitrogens with zero attached hydrogens (tertiary/aromatic N) is 3. The third kappa shape index (κ3) is 3.29. The molecule has 1 aromatic carbocycles. The SMILES string of the molecule is Cc1cc(NC(=O)c2cccc(C#N)c2)n(C(C)(C)C)n1. The number of amides is 1. The summed E-state index contributed by atoms with van der Waals surface area (Å²) < 4.78 is 1.79. The second kappa shape index (κ2) is 5.41. The van der Waals surface area contributed by atoms with Gasteiger partial charge in [-0.05, 0) is 45.9 Å². The Hall–Kier alpha value is -2.61. The lowest BCUT2D eigenvalue weighted by molar-refractivity contribution is 0.102. The van der Waals surface area contributed by atoms with Gasteiger partial charge in [0, 0.05) is 11.6 Å². The fourth-order valence-corrected chi connectivity index (χ4v) is 2.02. The van der Waals surface area contributed by atoms with Crippen LogP contribution < -0.4 is 5.32 Å². The van der Waals surface area contributed by atoms with E-state index in [1.54, 1.807) is 28.9 Å². The van der Waals surface area contributed by atoms with Gasteiger partial charge in [-0.3, -0.25) is 4.79 Å². The predicted octanol–water partition coefficient (Wildman–Crippen LogP) is 3.07. The van der Waals surface area contributed by atoms with Gasteiger partial charge in [-0.2, -0.15) is 10.4 Å². The van der Waals surface area contributed by atoms with Crippen molar-refractivity contribution in [3.8, 4) is 6.07 Å². The van der Waals surface area contributed by atoms with Crippen molar-refractivity contribution in [3.05, 3.63) is 47.2 Å². The molecule has 5 nitrogen and oxygen atoms in total. The van der Waals surface area contributed by atoms with E-state index in [0.717, 1.165) is 5.69 Å². The molecule has 1 heterocycles. The van der Waals surface area contributed by atoms with Crippen molar-refractivity contribution in [2.45, 2.75) is 33.2 Å². The molecule has 0 aliphatic carbocycles. The topological polar surface area (TPSA) is 70.7 Å². The lowest BCUT2D eigenvalue weighted by Crippen LogP contribution is -2.26. The van der Waals surface area contributed by atoms with Crippen molar-refractivity contribution in [1.82, 2.24) is 9.78 Å². The van der Waals surface area contributed by atoms with E-state index in [-0.39, 0.29) is 11.4 Å². The molecule has 5 heteroatoms. The van der Waals surface area contributed by atoms with Crippen molar-refractivity contribution in [1.29, 1.82) is 5.26 Å². The van der Waals surface area contributed by atoms with Gasteiger partial charge in [-0.15, -0.1) is 0 Å². The van der Waals surface area contributed by atoms with Crippen LogP contribution in [0.2, 0.25) is 0 Å². The van der Waals surface area contributed by atoms with E-state index in [9.17, 15) is 4.79 Å². The Bertz CT molecular complexity index is 717. The maximum atomic E-state index is 12.3. The molecule has 0 aliphatic heterocycles. The molecule has 108 valence electrons. The lowest BCUT2D eigenvalue weighted by Gasteiger charge is -2.22. The molecule has 0 atom stereocenters. The molecule has 0 radical (unpaired) electrons. The Labute approximate surface area is 124 Å². The van der Waals surface area contributed by atoms with E-state index in [2.05, 4.69) is 10.4 Å². The number of aryl methyl sites for hydroxylation is 1. The zero-order chi connectivity index (χ0) is 15.6. The molecule has 0 unspecified atom stereocenters. The molecule has 1 aromatic heterocycles. The molecule has 0 spiro atoms. The molecule has 0 saturated carbocycles. The summed E-state index contributed by atoms with van der Waals surface area (Å²) in [7, 11) is 0. The van der Waals surface area contributed by atoms with Crippen molar-refractivity contribution in [2.75, 3.05) is 5.32 Å². The van der Waals surface area contributed by atoms with Crippen LogP contribution in [0.1, 0.15) is 42.4 Å². The van der Waals surface area contributed by atoms with Gasteiger partial charge in [-0.1, -0.05) is 6.07 Å². The van der Waals surface area contributed by atoms with Gasteiger partial charge in [0.2, 0.25) is 0 Å². The Kier molecular flexibility index (Phi) is 3.81. The Morgan fingerprint density at radius 2 is 2.05 bits per heavy atom. The van der Waals surface area contributed by atoms with E-state index in [1.807, 2.05) is 39.8 Å². The van der Waals surface area contributed by atoms with Crippen molar-refractivity contribution >= 4 is 11.7 Å². The van der Waals surface area contributed by atoms with Gasteiger partial charge in [0.25, 0.3) is 5.91 Å². The van der Waals surface area contributed by atoms with E-state index < -0.39 is 0 Å². The third-order valence-electron chi connectivity index (χ3n) is 2.96. The second-order valence-corrected chi connectivity index (χ2v) is 5.90. The molecule has 21 heavy (non-hydrogen) atoms. The molecule has 1 N–H and O–H groups in total. The minimum Gasteiger partial charge on any atom is -0.307 e. The van der Waals surface area contributed by atoms with Crippen molar-refractivity contribution in [3.63, 3.8) is 0 Å². The number of benzene rings is 1. The molecule has 2 rings (SSSR count). The largest absolute Gasteiger partial charge is 0.307 e. The van der Waals surface area contributed by atoms with Gasteiger partial charge in [0.1, 0.15) is 5.82 Å². The molecule has 0 bridgehead atoms. The fraction of sp³-hybridized carbons (Fsp3) is 0.312. The van der Waals surface area contributed by atoms with Crippen LogP contribution in [0.15, 0.2) is 30.3 Å². The van der Waals surface area contributed by atoms with Gasteiger partial charge < -0.3 is 5.32 Å². The number of carbonyl (C=O) groups is 1. The highest BCUT2D eigenvalue weighted by Gasteiger charge is 2.20. The number of aromatic nitrogens is 2. The number of hydrogen-bond acceptors (Lipinski definition) is 3. The summed E-state index contributed by atoms with van der Waals surface area (Å²) in [6, 6.07) is 10.5. The summed E-state index contributed by atoms with van der Waals surface area (Å²) in [5.41, 5.74) is 1.52. The zero-order valence-corrected chi connectivity index (χ0v) is 12.6. The van der Waals surface area contributed by atoms with E-state index >= 15 is 0 Å². The Morgan fingerprint density at radius 1 is 1.33 bits per heavy atom. The number of rotatable bonds is 2. The average molecular weight is 282 g/mol. The van der Waals surface area contributed by atoms with Crippen LogP contribution in [-0.4, -0.2) is 15.7 Å². The molecule has 0 aliphatic rings. The number of carbonyl (C=O) groups excluding carboxylic acids is 1. The number of nitriles is 1. The van der Waals surface area contributed by atoms with E-state index in [4.69, 9.17) is 5.26 Å². The number of hydrogen-bond donors (Lipinski definition) is 1. The summed E-state index contributed by atoms with van der Waals surface area (Å²) in [6.45, 7) is 7.94. The van der Waals surface area contributed by atoms with E-state index in [1.165, 1.54) is 0 Å². The van der Waals surface area contributed by atoms with Gasteiger partial charge in [-0.25, -0.2) is 4.68 Å². The molecule has 0 saturated heterocycles. The van der Waals surface area contributed by atoms with Crippen LogP contribution in [0.25, 0.3) is 0 Å². The standard InChI is InChI=1S/C16H18N4O/c1-11-8-14(20(19-11)16(2,3)4)18-15(21)13-7-5-6-12(9-13)10-17/h5-9H,1-4H3,(H,18,21). The fourth-order valence-electron chi connectivity index (χ4n) is 2.02. The quantitative estimate of drug-likeness (QED) is 0.920. The smallest absolute Gasteiger partial charge is 0.256 e. The summed E-state index contributed by atoms with van der Waals surface area (Å²) in [6.07, 6.45) is 0. The van der Waals surface area contributed by atoms with Crippen LogP contribution in [0.5, 0.6) is 0 Å². The predicted molar refractivity (Wildman–Crippen MR) is 81.1 cm³/mol. The summed E-state index contributed by atoms with van der Waals surface area (Å²) in [5, 5.41) is 16.2. The van der Waals surface area contributed by atoms with Crippen molar-refractivity contribution in [2.24, 2.45) is 0 Å². The lowest BCUT2D eigenvalue weighted by atomic mass is 10.1. The first-order chi connectivity index (χ1) is 9.81. The maximum Gasteiger partial charge on any atom is 0.256 e. The summed E-state index contributed by atoms with van der Waals surface area (Å²) in [5.74, 6) is 0.393. The first-order valence-corrected chi connectivity index (χ1v) is 6.70. The zero-order valence-electron chi connectivity index (χ0n) is 12.6. The maximum absolute atomic E-state index is 12.3.